The second kappa shape index (κ2) is 10.5. The fourth-order valence-corrected chi connectivity index (χ4v) is 4.47. The molecular formula is C23H31N3O4S. The Kier molecular flexibility index (Phi) is 8.36. The summed E-state index contributed by atoms with van der Waals surface area (Å²) in [6, 6.07) is 13.4. The van der Waals surface area contributed by atoms with E-state index in [1.54, 1.807) is 12.1 Å². The summed E-state index contributed by atoms with van der Waals surface area (Å²) in [7, 11) is -0.941. The molecule has 2 aromatic carbocycles. The Morgan fingerprint density at radius 3 is 2.23 bits per heavy atom. The van der Waals surface area contributed by atoms with Crippen LogP contribution in [0.15, 0.2) is 53.4 Å². The summed E-state index contributed by atoms with van der Waals surface area (Å²) in [5.74, 6) is -0.720. The Morgan fingerprint density at radius 2 is 1.68 bits per heavy atom. The fraction of sp³-hybridized carbons (Fsp3) is 0.391. The second-order valence-corrected chi connectivity index (χ2v) is 9.67. The molecule has 1 N–H and O–H groups in total. The number of aryl methyl sites for hydroxylation is 2. The minimum absolute atomic E-state index is 0.122. The van der Waals surface area contributed by atoms with Gasteiger partial charge in [-0.1, -0.05) is 54.4 Å². The fourth-order valence-electron chi connectivity index (χ4n) is 3.35. The molecule has 7 nitrogen and oxygen atoms in total. The van der Waals surface area contributed by atoms with Crippen LogP contribution in [0.2, 0.25) is 0 Å². The average Bonchev–Trinajstić information content (AvgIpc) is 2.73. The van der Waals surface area contributed by atoms with Gasteiger partial charge in [0.25, 0.3) is 0 Å². The first-order chi connectivity index (χ1) is 14.6. The van der Waals surface area contributed by atoms with Crippen molar-refractivity contribution < 1.29 is 18.0 Å². The Labute approximate surface area is 185 Å². The van der Waals surface area contributed by atoms with Crippen molar-refractivity contribution in [3.8, 4) is 0 Å². The SMILES string of the molecule is CCC(C(=O)NC)N(Cc1cccc(C)c1)C(=O)CN(C)S(=O)(=O)c1ccc(C)cc1. The minimum Gasteiger partial charge on any atom is -0.357 e. The molecule has 31 heavy (non-hydrogen) atoms. The Hall–Kier alpha value is -2.71. The van der Waals surface area contributed by atoms with Gasteiger partial charge in [0.1, 0.15) is 6.04 Å². The lowest BCUT2D eigenvalue weighted by molar-refractivity contribution is -0.141. The van der Waals surface area contributed by atoms with Crippen LogP contribution in [-0.4, -0.2) is 56.1 Å². The summed E-state index contributed by atoms with van der Waals surface area (Å²) in [5.41, 5.74) is 2.86. The first-order valence-electron chi connectivity index (χ1n) is 10.2. The smallest absolute Gasteiger partial charge is 0.243 e. The normalized spacial score (nSPS) is 12.5. The van der Waals surface area contributed by atoms with Crippen LogP contribution in [0.5, 0.6) is 0 Å². The number of likely N-dealkylation sites (N-methyl/N-ethyl adjacent to an activating group) is 2. The highest BCUT2D eigenvalue weighted by atomic mass is 32.2. The van der Waals surface area contributed by atoms with Crippen LogP contribution in [0, 0.1) is 13.8 Å². The molecule has 0 aliphatic heterocycles. The molecule has 2 rings (SSSR count). The van der Waals surface area contributed by atoms with Gasteiger partial charge in [0.05, 0.1) is 11.4 Å². The number of carbonyl (C=O) groups is 2. The Balaban J connectivity index is 2.30. The van der Waals surface area contributed by atoms with Gasteiger partial charge in [0.2, 0.25) is 21.8 Å². The number of benzene rings is 2. The van der Waals surface area contributed by atoms with Crippen LogP contribution >= 0.6 is 0 Å². The van der Waals surface area contributed by atoms with Crippen molar-refractivity contribution in [1.82, 2.24) is 14.5 Å². The van der Waals surface area contributed by atoms with E-state index in [4.69, 9.17) is 0 Å². The highest BCUT2D eigenvalue weighted by Gasteiger charge is 2.31. The predicted octanol–water partition coefficient (Wildman–Crippen LogP) is 2.48. The van der Waals surface area contributed by atoms with Crippen molar-refractivity contribution in [3.05, 3.63) is 65.2 Å². The molecule has 0 saturated carbocycles. The number of hydrogen-bond acceptors (Lipinski definition) is 4. The summed E-state index contributed by atoms with van der Waals surface area (Å²) in [5, 5.41) is 2.60. The van der Waals surface area contributed by atoms with E-state index in [1.807, 2.05) is 45.0 Å². The average molecular weight is 446 g/mol. The van der Waals surface area contributed by atoms with Crippen LogP contribution in [0.1, 0.15) is 30.0 Å². The lowest BCUT2D eigenvalue weighted by Crippen LogP contribution is -2.51. The van der Waals surface area contributed by atoms with Gasteiger partial charge in [-0.25, -0.2) is 8.42 Å². The van der Waals surface area contributed by atoms with Crippen molar-refractivity contribution in [2.24, 2.45) is 0 Å². The van der Waals surface area contributed by atoms with E-state index >= 15 is 0 Å². The van der Waals surface area contributed by atoms with Gasteiger partial charge < -0.3 is 10.2 Å². The molecular weight excluding hydrogens is 414 g/mol. The van der Waals surface area contributed by atoms with E-state index in [1.165, 1.54) is 31.1 Å². The van der Waals surface area contributed by atoms with Crippen molar-refractivity contribution in [2.75, 3.05) is 20.6 Å². The topological polar surface area (TPSA) is 86.8 Å². The molecule has 0 aliphatic carbocycles. The third kappa shape index (κ3) is 6.15. The zero-order valence-electron chi connectivity index (χ0n) is 18.8. The van der Waals surface area contributed by atoms with E-state index < -0.39 is 22.0 Å². The third-order valence-corrected chi connectivity index (χ3v) is 6.97. The van der Waals surface area contributed by atoms with Gasteiger partial charge in [-0.05, 0) is 38.0 Å². The highest BCUT2D eigenvalue weighted by Crippen LogP contribution is 2.18. The van der Waals surface area contributed by atoms with Gasteiger partial charge in [-0.2, -0.15) is 4.31 Å². The maximum atomic E-state index is 13.2. The van der Waals surface area contributed by atoms with Crippen LogP contribution in [0.25, 0.3) is 0 Å². The molecule has 0 aromatic heterocycles. The molecule has 0 heterocycles. The summed E-state index contributed by atoms with van der Waals surface area (Å²) in [4.78, 5) is 27.3. The molecule has 0 radical (unpaired) electrons. The summed E-state index contributed by atoms with van der Waals surface area (Å²) >= 11 is 0. The van der Waals surface area contributed by atoms with Crippen LogP contribution in [0.4, 0.5) is 0 Å². The van der Waals surface area contributed by atoms with Crippen LogP contribution in [-0.2, 0) is 26.2 Å². The molecule has 0 bridgehead atoms. The van der Waals surface area contributed by atoms with E-state index in [-0.39, 0.29) is 23.9 Å². The molecule has 2 amide bonds. The Morgan fingerprint density at radius 1 is 1.03 bits per heavy atom. The highest BCUT2D eigenvalue weighted by molar-refractivity contribution is 7.89. The molecule has 1 unspecified atom stereocenters. The number of nitrogens with one attached hydrogen (secondary N) is 1. The first-order valence-corrected chi connectivity index (χ1v) is 11.6. The molecule has 0 aliphatic rings. The lowest BCUT2D eigenvalue weighted by atomic mass is 10.1. The van der Waals surface area contributed by atoms with Gasteiger partial charge >= 0.3 is 0 Å². The monoisotopic (exact) mass is 445 g/mol. The third-order valence-electron chi connectivity index (χ3n) is 5.15. The summed E-state index contributed by atoms with van der Waals surface area (Å²) in [6.07, 6.45) is 0.408. The van der Waals surface area contributed by atoms with Crippen molar-refractivity contribution in [3.63, 3.8) is 0 Å². The quantitative estimate of drug-likeness (QED) is 0.642. The number of rotatable bonds is 9. The molecule has 8 heteroatoms. The standard InChI is InChI=1S/C23H31N3O4S/c1-6-21(23(28)24-4)26(15-19-9-7-8-18(3)14-19)22(27)16-25(5)31(29,30)20-12-10-17(2)11-13-20/h7-14,21H,6,15-16H2,1-5H3,(H,24,28). The van der Waals surface area contributed by atoms with Crippen LogP contribution < -0.4 is 5.32 Å². The zero-order chi connectivity index (χ0) is 23.2. The second-order valence-electron chi connectivity index (χ2n) is 7.62. The van der Waals surface area contributed by atoms with Gasteiger partial charge in [-0.3, -0.25) is 9.59 Å². The lowest BCUT2D eigenvalue weighted by Gasteiger charge is -2.31. The molecule has 0 fully saturated rings. The summed E-state index contributed by atoms with van der Waals surface area (Å²) < 4.78 is 26.8. The van der Waals surface area contributed by atoms with Gasteiger partial charge in [0.15, 0.2) is 0 Å². The zero-order valence-corrected chi connectivity index (χ0v) is 19.6. The molecule has 0 saturated heterocycles. The van der Waals surface area contributed by atoms with Crippen LogP contribution in [0.3, 0.4) is 0 Å². The molecule has 168 valence electrons. The van der Waals surface area contributed by atoms with Crippen molar-refractivity contribution in [1.29, 1.82) is 0 Å². The van der Waals surface area contributed by atoms with Crippen molar-refractivity contribution in [2.45, 2.75) is 44.7 Å². The molecule has 2 aromatic rings. The minimum atomic E-state index is -3.84. The maximum absolute atomic E-state index is 13.2. The van der Waals surface area contributed by atoms with Gasteiger partial charge in [-0.15, -0.1) is 0 Å². The number of sulfonamides is 1. The van der Waals surface area contributed by atoms with E-state index in [2.05, 4.69) is 5.32 Å². The molecule has 1 atom stereocenters. The number of hydrogen-bond donors (Lipinski definition) is 1. The maximum Gasteiger partial charge on any atom is 0.243 e. The molecule has 0 spiro atoms. The van der Waals surface area contributed by atoms with Gasteiger partial charge in [0, 0.05) is 20.6 Å². The first kappa shape index (κ1) is 24.6. The van der Waals surface area contributed by atoms with Crippen molar-refractivity contribution >= 4 is 21.8 Å². The summed E-state index contributed by atoms with van der Waals surface area (Å²) in [6.45, 7) is 5.49. The van der Waals surface area contributed by atoms with E-state index in [0.29, 0.717) is 6.42 Å². The van der Waals surface area contributed by atoms with E-state index in [0.717, 1.165) is 21.0 Å². The van der Waals surface area contributed by atoms with E-state index in [9.17, 15) is 18.0 Å². The Bertz CT molecular complexity index is 1020. The largest absolute Gasteiger partial charge is 0.357 e. The number of nitrogens with zero attached hydrogens (tertiary/aromatic N) is 2. The predicted molar refractivity (Wildman–Crippen MR) is 121 cm³/mol. The number of carbonyl (C=O) groups excluding carboxylic acids is 2. The number of amides is 2.